The molecule has 2 heterocycles. The summed E-state index contributed by atoms with van der Waals surface area (Å²) in [5.41, 5.74) is -1.86. The monoisotopic (exact) mass is 384 g/mol. The highest BCUT2D eigenvalue weighted by Crippen LogP contribution is 2.31. The number of piperazine rings is 1. The van der Waals surface area contributed by atoms with E-state index < -0.39 is 29.4 Å². The fraction of sp³-hybridized carbons (Fsp3) is 0.471. The molecule has 2 fully saturated rings. The van der Waals surface area contributed by atoms with Gasteiger partial charge in [-0.15, -0.1) is 0 Å². The van der Waals surface area contributed by atoms with Gasteiger partial charge >= 0.3 is 12.2 Å². The number of piperidine rings is 1. The second-order valence-corrected chi connectivity index (χ2v) is 6.76. The first-order valence-electron chi connectivity index (χ1n) is 8.47. The minimum absolute atomic E-state index is 0.0349. The highest BCUT2D eigenvalue weighted by Gasteiger charge is 2.47. The zero-order valence-corrected chi connectivity index (χ0v) is 14.5. The minimum Gasteiger partial charge on any atom is -0.343 e. The van der Waals surface area contributed by atoms with Gasteiger partial charge in [0.05, 0.1) is 5.56 Å². The quantitative estimate of drug-likeness (QED) is 0.689. The van der Waals surface area contributed by atoms with Crippen LogP contribution in [0.1, 0.15) is 25.3 Å². The maximum Gasteiger partial charge on any atom is 0.416 e. The van der Waals surface area contributed by atoms with Crippen molar-refractivity contribution in [2.45, 2.75) is 37.5 Å². The number of carbonyl (C=O) groups is 3. The van der Waals surface area contributed by atoms with Crippen molar-refractivity contribution in [2.75, 3.05) is 18.4 Å². The Morgan fingerprint density at radius 1 is 1.26 bits per heavy atom. The molecule has 3 N–H and O–H groups in total. The second-order valence-electron chi connectivity index (χ2n) is 6.76. The van der Waals surface area contributed by atoms with Gasteiger partial charge in [0.1, 0.15) is 11.6 Å². The van der Waals surface area contributed by atoms with Gasteiger partial charge in [-0.3, -0.25) is 9.59 Å². The van der Waals surface area contributed by atoms with Gasteiger partial charge < -0.3 is 20.9 Å². The molecule has 2 saturated heterocycles. The molecule has 2 aliphatic heterocycles. The van der Waals surface area contributed by atoms with Gasteiger partial charge in [-0.2, -0.15) is 13.2 Å². The van der Waals surface area contributed by atoms with E-state index in [9.17, 15) is 27.6 Å². The van der Waals surface area contributed by atoms with Crippen molar-refractivity contribution in [2.24, 2.45) is 0 Å². The van der Waals surface area contributed by atoms with Gasteiger partial charge in [0.25, 0.3) is 0 Å². The summed E-state index contributed by atoms with van der Waals surface area (Å²) in [6.07, 6.45) is -4.04. The van der Waals surface area contributed by atoms with E-state index >= 15 is 0 Å². The number of urea groups is 1. The minimum atomic E-state index is -4.50. The number of alkyl halides is 3. The van der Waals surface area contributed by atoms with Crippen LogP contribution in [0.4, 0.5) is 23.7 Å². The summed E-state index contributed by atoms with van der Waals surface area (Å²) in [6.45, 7) is 1.96. The number of nitrogens with zero attached hydrogens (tertiary/aromatic N) is 1. The molecule has 1 spiro atoms. The molecule has 2 aliphatic rings. The van der Waals surface area contributed by atoms with Crippen LogP contribution >= 0.6 is 0 Å². The van der Waals surface area contributed by atoms with Crippen molar-refractivity contribution in [1.29, 1.82) is 0 Å². The summed E-state index contributed by atoms with van der Waals surface area (Å²) in [6, 6.07) is 3.21. The molecule has 0 radical (unpaired) electrons. The van der Waals surface area contributed by atoms with Crippen LogP contribution in [-0.2, 0) is 15.8 Å². The van der Waals surface area contributed by atoms with E-state index in [2.05, 4.69) is 16.0 Å². The van der Waals surface area contributed by atoms with Crippen molar-refractivity contribution in [3.63, 3.8) is 0 Å². The third-order valence-electron chi connectivity index (χ3n) is 4.88. The van der Waals surface area contributed by atoms with Gasteiger partial charge in [0.15, 0.2) is 0 Å². The van der Waals surface area contributed by atoms with E-state index in [4.69, 9.17) is 0 Å². The first-order valence-corrected chi connectivity index (χ1v) is 8.47. The average Bonchev–Trinajstić information content (AvgIpc) is 2.60. The smallest absolute Gasteiger partial charge is 0.343 e. The number of hydrogen-bond donors (Lipinski definition) is 3. The lowest BCUT2D eigenvalue weighted by atomic mass is 9.84. The number of amides is 4. The lowest BCUT2D eigenvalue weighted by Crippen LogP contribution is -2.71. The standard InChI is InChI=1S/C17H19F3N4O3/c1-10-13(25)23-16(14(26)21-10)5-7-24(8-6-16)15(27)22-12-4-2-3-11(9-12)17(18,19)20/h2-4,9-10H,5-8H2,1H3,(H,21,26)(H,22,27)(H,23,25). The normalized spacial score (nSPS) is 22.2. The van der Waals surface area contributed by atoms with Crippen molar-refractivity contribution in [3.8, 4) is 0 Å². The highest BCUT2D eigenvalue weighted by molar-refractivity contribution is 6.00. The number of rotatable bonds is 1. The Morgan fingerprint density at radius 2 is 1.93 bits per heavy atom. The third kappa shape index (κ3) is 3.83. The van der Waals surface area contributed by atoms with E-state index in [1.165, 1.54) is 17.0 Å². The molecular formula is C17H19F3N4O3. The molecule has 0 aliphatic carbocycles. The lowest BCUT2D eigenvalue weighted by molar-refractivity contribution is -0.143. The van der Waals surface area contributed by atoms with E-state index in [0.29, 0.717) is 0 Å². The Bertz CT molecular complexity index is 773. The number of hydrogen-bond acceptors (Lipinski definition) is 3. The van der Waals surface area contributed by atoms with Crippen molar-refractivity contribution >= 4 is 23.5 Å². The summed E-state index contributed by atoms with van der Waals surface area (Å²) in [7, 11) is 0. The van der Waals surface area contributed by atoms with Crippen molar-refractivity contribution in [3.05, 3.63) is 29.8 Å². The second kappa shape index (κ2) is 6.75. The van der Waals surface area contributed by atoms with E-state index in [1.54, 1.807) is 6.92 Å². The number of nitrogens with one attached hydrogen (secondary N) is 3. The number of halogens is 3. The largest absolute Gasteiger partial charge is 0.416 e. The summed E-state index contributed by atoms with van der Waals surface area (Å²) in [5.74, 6) is -0.566. The fourth-order valence-corrected chi connectivity index (χ4v) is 3.22. The summed E-state index contributed by atoms with van der Waals surface area (Å²) < 4.78 is 38.3. The van der Waals surface area contributed by atoms with Crippen LogP contribution in [0.3, 0.4) is 0 Å². The Labute approximate surface area is 153 Å². The first kappa shape index (κ1) is 19.0. The molecule has 7 nitrogen and oxygen atoms in total. The fourth-order valence-electron chi connectivity index (χ4n) is 3.22. The van der Waals surface area contributed by atoms with Crippen LogP contribution in [0.15, 0.2) is 24.3 Å². The molecule has 0 aromatic heterocycles. The maximum atomic E-state index is 12.8. The Hall–Kier alpha value is -2.78. The molecule has 146 valence electrons. The molecule has 1 aromatic carbocycles. The molecule has 10 heteroatoms. The number of likely N-dealkylation sites (tertiary alicyclic amines) is 1. The van der Waals surface area contributed by atoms with Gasteiger partial charge in [0.2, 0.25) is 11.8 Å². The van der Waals surface area contributed by atoms with Gasteiger partial charge in [-0.05, 0) is 38.0 Å². The zero-order valence-electron chi connectivity index (χ0n) is 14.5. The molecule has 1 aromatic rings. The Balaban J connectivity index is 1.62. The van der Waals surface area contributed by atoms with Gasteiger partial charge in [0, 0.05) is 18.8 Å². The summed E-state index contributed by atoms with van der Waals surface area (Å²) in [4.78, 5) is 37.9. The molecular weight excluding hydrogens is 365 g/mol. The van der Waals surface area contributed by atoms with Crippen LogP contribution in [-0.4, -0.2) is 47.4 Å². The average molecular weight is 384 g/mol. The number of anilines is 1. The third-order valence-corrected chi connectivity index (χ3v) is 4.88. The lowest BCUT2D eigenvalue weighted by Gasteiger charge is -2.44. The van der Waals surface area contributed by atoms with Crippen LogP contribution in [0.2, 0.25) is 0 Å². The molecule has 4 amide bonds. The molecule has 0 saturated carbocycles. The van der Waals surface area contributed by atoms with E-state index in [1.807, 2.05) is 0 Å². The van der Waals surface area contributed by atoms with Crippen molar-refractivity contribution in [1.82, 2.24) is 15.5 Å². The SMILES string of the molecule is CC1NC(=O)C2(CCN(C(=O)Nc3cccc(C(F)(F)F)c3)CC2)NC1=O. The summed E-state index contributed by atoms with van der Waals surface area (Å²) in [5, 5.41) is 7.79. The van der Waals surface area contributed by atoms with Crippen LogP contribution in [0.5, 0.6) is 0 Å². The van der Waals surface area contributed by atoms with Crippen LogP contribution < -0.4 is 16.0 Å². The molecule has 27 heavy (non-hydrogen) atoms. The van der Waals surface area contributed by atoms with Crippen molar-refractivity contribution < 1.29 is 27.6 Å². The van der Waals surface area contributed by atoms with Crippen LogP contribution in [0, 0.1) is 0 Å². The zero-order chi connectivity index (χ0) is 19.8. The topological polar surface area (TPSA) is 90.5 Å². The first-order chi connectivity index (χ1) is 12.6. The van der Waals surface area contributed by atoms with Crippen LogP contribution in [0.25, 0.3) is 0 Å². The predicted octanol–water partition coefficient (Wildman–Crippen LogP) is 1.71. The van der Waals surface area contributed by atoms with E-state index in [-0.39, 0.29) is 43.4 Å². The Kier molecular flexibility index (Phi) is 4.75. The van der Waals surface area contributed by atoms with Gasteiger partial charge in [-0.1, -0.05) is 6.07 Å². The predicted molar refractivity (Wildman–Crippen MR) is 89.7 cm³/mol. The van der Waals surface area contributed by atoms with Gasteiger partial charge in [-0.25, -0.2) is 4.79 Å². The number of benzene rings is 1. The number of carbonyl (C=O) groups excluding carboxylic acids is 3. The molecule has 1 unspecified atom stereocenters. The Morgan fingerprint density at radius 3 is 2.56 bits per heavy atom. The molecule has 3 rings (SSSR count). The summed E-state index contributed by atoms with van der Waals surface area (Å²) >= 11 is 0. The highest BCUT2D eigenvalue weighted by atomic mass is 19.4. The molecule has 1 atom stereocenters. The maximum absolute atomic E-state index is 12.8. The van der Waals surface area contributed by atoms with E-state index in [0.717, 1.165) is 12.1 Å². The molecule has 0 bridgehead atoms.